The first-order valence-corrected chi connectivity index (χ1v) is 10.1. The molecule has 2 saturated heterocycles. The minimum Gasteiger partial charge on any atom is -0.339 e. The second kappa shape index (κ2) is 6.60. The molecule has 23 heavy (non-hydrogen) atoms. The van der Waals surface area contributed by atoms with Crippen LogP contribution in [0.15, 0.2) is 18.5 Å². The molecule has 2 aliphatic rings. The minimum atomic E-state index is -3.35. The molecule has 0 saturated carbocycles. The summed E-state index contributed by atoms with van der Waals surface area (Å²) < 4.78 is 27.2. The van der Waals surface area contributed by atoms with Gasteiger partial charge in [-0.05, 0) is 31.7 Å². The predicted octanol–water partition coefficient (Wildman–Crippen LogP) is 0.861. The number of hydrogen-bond acceptors (Lipinski definition) is 4. The molecular formula is C15H24N4O3S. The SMILES string of the molecule is CS(=O)(=O)N1CCCC[C@@H]1C(=O)N1CCC[C@@H](n2cccn2)C1. The van der Waals surface area contributed by atoms with Crippen LogP contribution < -0.4 is 0 Å². The third kappa shape index (κ3) is 3.58. The molecule has 128 valence electrons. The van der Waals surface area contributed by atoms with Crippen LogP contribution in [0.5, 0.6) is 0 Å². The molecule has 1 amide bonds. The topological polar surface area (TPSA) is 75.5 Å². The quantitative estimate of drug-likeness (QED) is 0.818. The van der Waals surface area contributed by atoms with E-state index < -0.39 is 16.1 Å². The van der Waals surface area contributed by atoms with Gasteiger partial charge >= 0.3 is 0 Å². The average molecular weight is 340 g/mol. The van der Waals surface area contributed by atoms with Crippen LogP contribution in [0.4, 0.5) is 0 Å². The van der Waals surface area contributed by atoms with E-state index in [4.69, 9.17) is 0 Å². The average Bonchev–Trinajstić information content (AvgIpc) is 3.08. The van der Waals surface area contributed by atoms with E-state index in [0.717, 1.165) is 25.7 Å². The van der Waals surface area contributed by atoms with Crippen LogP contribution in [0.1, 0.15) is 38.1 Å². The fourth-order valence-electron chi connectivity index (χ4n) is 3.63. The Morgan fingerprint density at radius 2 is 2.00 bits per heavy atom. The monoisotopic (exact) mass is 340 g/mol. The van der Waals surface area contributed by atoms with E-state index >= 15 is 0 Å². The van der Waals surface area contributed by atoms with Crippen LogP contribution in [0.3, 0.4) is 0 Å². The van der Waals surface area contributed by atoms with Crippen LogP contribution in [0.25, 0.3) is 0 Å². The number of piperidine rings is 2. The lowest BCUT2D eigenvalue weighted by Gasteiger charge is -2.39. The van der Waals surface area contributed by atoms with Crippen molar-refractivity contribution in [1.82, 2.24) is 19.0 Å². The van der Waals surface area contributed by atoms with Crippen LogP contribution in [-0.4, -0.2) is 65.2 Å². The molecule has 3 rings (SSSR count). The van der Waals surface area contributed by atoms with Gasteiger partial charge < -0.3 is 4.90 Å². The molecule has 0 aromatic carbocycles. The highest BCUT2D eigenvalue weighted by Gasteiger charge is 2.38. The number of amides is 1. The third-order valence-electron chi connectivity index (χ3n) is 4.77. The second-order valence-corrected chi connectivity index (χ2v) is 8.39. The summed E-state index contributed by atoms with van der Waals surface area (Å²) in [6.07, 6.45) is 9.12. The van der Waals surface area contributed by atoms with Crippen molar-refractivity contribution in [3.63, 3.8) is 0 Å². The fraction of sp³-hybridized carbons (Fsp3) is 0.733. The summed E-state index contributed by atoms with van der Waals surface area (Å²) >= 11 is 0. The van der Waals surface area contributed by atoms with Gasteiger partial charge in [-0.1, -0.05) is 6.42 Å². The molecule has 0 radical (unpaired) electrons. The van der Waals surface area contributed by atoms with E-state index in [1.165, 1.54) is 10.6 Å². The normalized spacial score (nSPS) is 27.1. The van der Waals surface area contributed by atoms with Gasteiger partial charge in [0.1, 0.15) is 6.04 Å². The number of carbonyl (C=O) groups excluding carboxylic acids is 1. The van der Waals surface area contributed by atoms with Crippen molar-refractivity contribution in [2.24, 2.45) is 0 Å². The summed E-state index contributed by atoms with van der Waals surface area (Å²) in [6.45, 7) is 1.75. The van der Waals surface area contributed by atoms with Crippen molar-refractivity contribution in [3.05, 3.63) is 18.5 Å². The van der Waals surface area contributed by atoms with Gasteiger partial charge in [0.2, 0.25) is 15.9 Å². The van der Waals surface area contributed by atoms with Crippen LogP contribution in [0, 0.1) is 0 Å². The van der Waals surface area contributed by atoms with E-state index in [-0.39, 0.29) is 11.9 Å². The number of hydrogen-bond donors (Lipinski definition) is 0. The Kier molecular flexibility index (Phi) is 4.72. The number of carbonyl (C=O) groups is 1. The smallest absolute Gasteiger partial charge is 0.241 e. The fourth-order valence-corrected chi connectivity index (χ4v) is 4.75. The Bertz CT molecular complexity index is 644. The van der Waals surface area contributed by atoms with E-state index in [1.54, 1.807) is 6.20 Å². The van der Waals surface area contributed by atoms with Gasteiger partial charge in [0, 0.05) is 32.0 Å². The first-order chi connectivity index (χ1) is 11.0. The van der Waals surface area contributed by atoms with Crippen molar-refractivity contribution in [2.45, 2.75) is 44.2 Å². The molecule has 7 nitrogen and oxygen atoms in total. The Morgan fingerprint density at radius 3 is 2.70 bits per heavy atom. The maximum absolute atomic E-state index is 12.9. The van der Waals surface area contributed by atoms with E-state index in [0.29, 0.717) is 26.1 Å². The predicted molar refractivity (Wildman–Crippen MR) is 86.3 cm³/mol. The highest BCUT2D eigenvalue weighted by Crippen LogP contribution is 2.26. The van der Waals surface area contributed by atoms with Crippen molar-refractivity contribution < 1.29 is 13.2 Å². The third-order valence-corrected chi connectivity index (χ3v) is 6.06. The Morgan fingerprint density at radius 1 is 1.17 bits per heavy atom. The maximum Gasteiger partial charge on any atom is 0.241 e. The second-order valence-electron chi connectivity index (χ2n) is 6.45. The van der Waals surface area contributed by atoms with Crippen LogP contribution >= 0.6 is 0 Å². The first kappa shape index (κ1) is 16.4. The molecule has 0 unspecified atom stereocenters. The number of rotatable bonds is 3. The maximum atomic E-state index is 12.9. The summed E-state index contributed by atoms with van der Waals surface area (Å²) in [6, 6.07) is 1.53. The van der Waals surface area contributed by atoms with E-state index in [2.05, 4.69) is 5.10 Å². The van der Waals surface area contributed by atoms with E-state index in [9.17, 15) is 13.2 Å². The lowest BCUT2D eigenvalue weighted by molar-refractivity contribution is -0.138. The highest BCUT2D eigenvalue weighted by molar-refractivity contribution is 7.88. The molecule has 3 heterocycles. The molecule has 1 aromatic heterocycles. The molecule has 0 aliphatic carbocycles. The molecule has 2 fully saturated rings. The van der Waals surface area contributed by atoms with Gasteiger partial charge in [-0.15, -0.1) is 0 Å². The largest absolute Gasteiger partial charge is 0.339 e. The standard InChI is InChI=1S/C15H24N4O3S/c1-23(21,22)19-11-3-2-7-14(19)15(20)17-9-4-6-13(12-17)18-10-5-8-16-18/h5,8,10,13-14H,2-4,6-7,9,11-12H2,1H3/t13-,14-/m1/s1. The summed E-state index contributed by atoms with van der Waals surface area (Å²) in [5.74, 6) is -0.0491. The van der Waals surface area contributed by atoms with Crippen LogP contribution in [0.2, 0.25) is 0 Å². The van der Waals surface area contributed by atoms with Gasteiger partial charge in [0.15, 0.2) is 0 Å². The zero-order chi connectivity index (χ0) is 16.4. The molecule has 1 aromatic rings. The highest BCUT2D eigenvalue weighted by atomic mass is 32.2. The van der Waals surface area contributed by atoms with Crippen molar-refractivity contribution in [3.8, 4) is 0 Å². The number of sulfonamides is 1. The lowest BCUT2D eigenvalue weighted by atomic mass is 10.0. The molecule has 0 spiro atoms. The van der Waals surface area contributed by atoms with Gasteiger partial charge in [0.25, 0.3) is 0 Å². The number of aromatic nitrogens is 2. The summed E-state index contributed by atoms with van der Waals surface area (Å²) in [7, 11) is -3.35. The summed E-state index contributed by atoms with van der Waals surface area (Å²) in [5, 5.41) is 4.27. The number of likely N-dealkylation sites (tertiary alicyclic amines) is 1. The van der Waals surface area contributed by atoms with Crippen molar-refractivity contribution in [1.29, 1.82) is 0 Å². The molecular weight excluding hydrogens is 316 g/mol. The van der Waals surface area contributed by atoms with Gasteiger partial charge in [-0.3, -0.25) is 9.48 Å². The Balaban J connectivity index is 1.73. The molecule has 8 heteroatoms. The van der Waals surface area contributed by atoms with E-state index in [1.807, 2.05) is 21.8 Å². The lowest BCUT2D eigenvalue weighted by Crippen LogP contribution is -2.54. The van der Waals surface area contributed by atoms with Crippen molar-refractivity contribution in [2.75, 3.05) is 25.9 Å². The van der Waals surface area contributed by atoms with Crippen molar-refractivity contribution >= 4 is 15.9 Å². The summed E-state index contributed by atoms with van der Waals surface area (Å²) in [4.78, 5) is 14.7. The van der Waals surface area contributed by atoms with Gasteiger partial charge in [0.05, 0.1) is 12.3 Å². The minimum absolute atomic E-state index is 0.0491. The molecule has 2 aliphatic heterocycles. The summed E-state index contributed by atoms with van der Waals surface area (Å²) in [5.41, 5.74) is 0. The van der Waals surface area contributed by atoms with Crippen LogP contribution in [-0.2, 0) is 14.8 Å². The van der Waals surface area contributed by atoms with Gasteiger partial charge in [-0.2, -0.15) is 9.40 Å². The Hall–Kier alpha value is -1.41. The Labute approximate surface area is 137 Å². The first-order valence-electron chi connectivity index (χ1n) is 8.21. The zero-order valence-electron chi connectivity index (χ0n) is 13.5. The molecule has 2 atom stereocenters. The number of nitrogens with zero attached hydrogens (tertiary/aromatic N) is 4. The zero-order valence-corrected chi connectivity index (χ0v) is 14.3. The molecule has 0 N–H and O–H groups in total. The van der Waals surface area contributed by atoms with Gasteiger partial charge in [-0.25, -0.2) is 8.42 Å². The molecule has 0 bridgehead atoms.